The predicted octanol–water partition coefficient (Wildman–Crippen LogP) is 1.59. The van der Waals surface area contributed by atoms with Gasteiger partial charge in [-0.15, -0.1) is 0 Å². The fraction of sp³-hybridized carbons (Fsp3) is 1.00. The summed E-state index contributed by atoms with van der Waals surface area (Å²) in [7, 11) is 25.7. The normalized spacial score (nSPS) is 18.3. The van der Waals surface area contributed by atoms with Crippen LogP contribution in [0.25, 0.3) is 0 Å². The molecule has 2 rings (SSSR count). The van der Waals surface area contributed by atoms with E-state index in [4.69, 9.17) is 45.1 Å². The van der Waals surface area contributed by atoms with Gasteiger partial charge in [-0.2, -0.15) is 32.4 Å². The van der Waals surface area contributed by atoms with Gasteiger partial charge in [0.15, 0.2) is 0 Å². The molecular weight excluding hydrogens is 603 g/mol. The topological polar surface area (TPSA) is 23.1 Å². The van der Waals surface area contributed by atoms with Crippen LogP contribution in [0.5, 0.6) is 0 Å². The summed E-state index contributed by atoms with van der Waals surface area (Å²) in [4.78, 5) is 0. The Balaban J connectivity index is -0.000000236. The summed E-state index contributed by atoms with van der Waals surface area (Å²) in [5.41, 5.74) is 0. The number of rotatable bonds is 1. The molecule has 0 aromatic rings. The number of halogens is 4. The molecule has 21 heavy (non-hydrogen) atoms. The van der Waals surface area contributed by atoms with Crippen LogP contribution in [0.15, 0.2) is 0 Å². The van der Waals surface area contributed by atoms with Crippen molar-refractivity contribution < 1.29 is 34.7 Å². The largest absolute Gasteiger partial charge is 1.00 e. The first kappa shape index (κ1) is 31.0. The first-order valence-electron chi connectivity index (χ1n) is 5.27. The van der Waals surface area contributed by atoms with Crippen LogP contribution in [-0.2, 0) is 0 Å². The molecule has 0 atom stereocenters. The maximum absolute atomic E-state index is 8.25. The molecule has 0 bridgehead atoms. The Hall–Kier alpha value is 5.31. The van der Waals surface area contributed by atoms with Gasteiger partial charge in [0, 0.05) is 0 Å². The van der Waals surface area contributed by atoms with Crippen LogP contribution < -0.4 is 34.7 Å². The van der Waals surface area contributed by atoms with Crippen molar-refractivity contribution in [2.45, 2.75) is 0 Å². The average molecular weight is 620 g/mol. The Bertz CT molecular complexity index is 194. The van der Waals surface area contributed by atoms with E-state index in [-0.39, 0.29) is 29.6 Å². The maximum atomic E-state index is 8.25. The molecule has 2 heterocycles. The molecular formula is C7H17Cl4Ge2NaOS6. The smallest absolute Gasteiger partial charge is 1.00 e. The molecule has 0 aliphatic carbocycles. The molecule has 0 saturated carbocycles. The number of thiol groups is 2. The Morgan fingerprint density at radius 2 is 1.05 bits per heavy atom. The minimum atomic E-state index is -3.11. The SMILES string of the molecule is C1C[S][Ge]2([S]1)[S]CC[S]2.C[O-].SCCS.[Cl][Ge]([Cl])([Cl])[Cl].[Na+]. The van der Waals surface area contributed by atoms with E-state index >= 15 is 0 Å². The van der Waals surface area contributed by atoms with Crippen LogP contribution in [0, 0.1) is 0 Å². The third-order valence-electron chi connectivity index (χ3n) is 1.38. The van der Waals surface area contributed by atoms with E-state index in [1.54, 1.807) is 0 Å². The van der Waals surface area contributed by atoms with Crippen LogP contribution in [0.3, 0.4) is 0 Å². The predicted molar refractivity (Wildman–Crippen MR) is 118 cm³/mol. The molecule has 1 nitrogen and oxygen atoms in total. The van der Waals surface area contributed by atoms with Gasteiger partial charge in [-0.25, -0.2) is 0 Å². The Morgan fingerprint density at radius 3 is 1.19 bits per heavy atom. The van der Waals surface area contributed by atoms with Crippen LogP contribution in [0.4, 0.5) is 0 Å². The summed E-state index contributed by atoms with van der Waals surface area (Å²) < 4.78 is 0. The molecule has 2 fully saturated rings. The standard InChI is InChI=1S/C4H8GeS4.C2H6S2.CH3O.Cl4Ge.Na/c1-2-7-5(6-1)8-3-4-9-5;3-1-2-4;1-2;1-5(2,3)4;/h1-4H2;3-4H,1-2H2;1H3;;/q;;-1;;+1. The first-order chi connectivity index (χ1) is 9.33. The second kappa shape index (κ2) is 20.1. The van der Waals surface area contributed by atoms with Gasteiger partial charge >= 0.3 is 151 Å². The third-order valence-corrected chi connectivity index (χ3v) is 41.8. The molecule has 0 radical (unpaired) electrons. The van der Waals surface area contributed by atoms with Gasteiger partial charge in [0.1, 0.15) is 0 Å². The Labute approximate surface area is 196 Å². The van der Waals surface area contributed by atoms with Crippen LogP contribution in [0.2, 0.25) is 0 Å². The molecule has 14 heteroatoms. The summed E-state index contributed by atoms with van der Waals surface area (Å²) >= 11 is 7.69. The first-order valence-corrected chi connectivity index (χ1v) is 31.8. The molecule has 0 unspecified atom stereocenters. The third kappa shape index (κ3) is 23.3. The van der Waals surface area contributed by atoms with Gasteiger partial charge in [0.25, 0.3) is 0 Å². The fourth-order valence-corrected chi connectivity index (χ4v) is 42.9. The van der Waals surface area contributed by atoms with Crippen molar-refractivity contribution in [1.82, 2.24) is 0 Å². The van der Waals surface area contributed by atoms with Crippen molar-refractivity contribution in [3.8, 4) is 0 Å². The van der Waals surface area contributed by atoms with E-state index in [0.29, 0.717) is 0 Å². The van der Waals surface area contributed by atoms with E-state index in [1.807, 2.05) is 0 Å². The summed E-state index contributed by atoms with van der Waals surface area (Å²) in [6.07, 6.45) is 0. The average Bonchev–Trinajstić information content (AvgIpc) is 3.04. The molecule has 0 amide bonds. The van der Waals surface area contributed by atoms with Crippen LogP contribution in [0.1, 0.15) is 0 Å². The van der Waals surface area contributed by atoms with Crippen molar-refractivity contribution in [1.29, 1.82) is 0 Å². The van der Waals surface area contributed by atoms with Gasteiger partial charge in [0.2, 0.25) is 0 Å². The number of hydrogen-bond donors (Lipinski definition) is 2. The molecule has 0 N–H and O–H groups in total. The van der Waals surface area contributed by atoms with E-state index in [1.165, 1.54) is 23.0 Å². The second-order valence-electron chi connectivity index (χ2n) is 2.77. The second-order valence-corrected chi connectivity index (χ2v) is 56.2. The van der Waals surface area contributed by atoms with Crippen molar-refractivity contribution in [3.05, 3.63) is 0 Å². The Kier molecular flexibility index (Phi) is 29.6. The van der Waals surface area contributed by atoms with Crippen molar-refractivity contribution in [3.63, 3.8) is 0 Å². The van der Waals surface area contributed by atoms with Gasteiger partial charge < -0.3 is 5.11 Å². The van der Waals surface area contributed by atoms with E-state index in [2.05, 4.69) is 65.6 Å². The summed E-state index contributed by atoms with van der Waals surface area (Å²) in [6, 6.07) is 0. The van der Waals surface area contributed by atoms with Gasteiger partial charge in [-0.05, 0) is 11.5 Å². The molecule has 1 spiro atoms. The van der Waals surface area contributed by atoms with Crippen LogP contribution >= 0.6 is 106 Å². The van der Waals surface area contributed by atoms with E-state index in [9.17, 15) is 0 Å². The maximum Gasteiger partial charge on any atom is 1.00 e. The minimum absolute atomic E-state index is 0. The zero-order valence-electron chi connectivity index (χ0n) is 11.7. The monoisotopic (exact) mass is 620 g/mol. The van der Waals surface area contributed by atoms with Gasteiger partial charge in [0.05, 0.1) is 0 Å². The minimum Gasteiger partial charge on any atom is 1.00 e. The summed E-state index contributed by atoms with van der Waals surface area (Å²) in [5.74, 6) is 7.55. The van der Waals surface area contributed by atoms with Crippen molar-refractivity contribution in [2.24, 2.45) is 0 Å². The molecule has 2 aliphatic heterocycles. The number of hydrogen-bond acceptors (Lipinski definition) is 7. The summed E-state index contributed by atoms with van der Waals surface area (Å²) in [6.45, 7) is 0. The molecule has 124 valence electrons. The Morgan fingerprint density at radius 1 is 0.857 bits per heavy atom. The van der Waals surface area contributed by atoms with Gasteiger partial charge in [-0.3, -0.25) is 0 Å². The quantitative estimate of drug-likeness (QED) is 0.343. The van der Waals surface area contributed by atoms with Crippen LogP contribution in [-0.4, -0.2) is 59.9 Å². The molecule has 0 aromatic carbocycles. The van der Waals surface area contributed by atoms with Crippen molar-refractivity contribution >= 4 is 124 Å². The van der Waals surface area contributed by atoms with Crippen molar-refractivity contribution in [2.75, 3.05) is 41.6 Å². The van der Waals surface area contributed by atoms with Gasteiger partial charge in [-0.1, -0.05) is 0 Å². The fourth-order valence-electron chi connectivity index (χ4n) is 0.917. The van der Waals surface area contributed by atoms with E-state index < -0.39 is 18.2 Å². The summed E-state index contributed by atoms with van der Waals surface area (Å²) in [5, 5.41) is 8.25. The molecule has 2 aliphatic rings. The molecule has 2 saturated heterocycles. The molecule has 0 aromatic heterocycles. The zero-order valence-corrected chi connectivity index (χ0v) is 26.0. The van der Waals surface area contributed by atoms with E-state index in [0.717, 1.165) is 18.6 Å². The zero-order chi connectivity index (χ0) is 16.1.